The van der Waals surface area contributed by atoms with Crippen LogP contribution in [0.4, 0.5) is 0 Å². The van der Waals surface area contributed by atoms with E-state index >= 15 is 0 Å². The van der Waals surface area contributed by atoms with Gasteiger partial charge in [0.15, 0.2) is 0 Å². The fourth-order valence-corrected chi connectivity index (χ4v) is 0. The molecule has 0 rings (SSSR count). The standard InChI is InChI=1S/C3H7NS2.C3H8N/c1-4(2)3(5)6;1-4(2)3/h1-2H3,(H,5,6);1H2,2-3H3/q;+1/p-1. The third-order valence-electron chi connectivity index (χ3n) is 0.365. The average Bonchev–Trinajstić information content (AvgIpc) is 1.63. The lowest BCUT2D eigenvalue weighted by Gasteiger charge is -2.15. The summed E-state index contributed by atoms with van der Waals surface area (Å²) in [5, 5.41) is 0. The molecule has 0 saturated carbocycles. The lowest BCUT2D eigenvalue weighted by molar-refractivity contribution is -0.454. The van der Waals surface area contributed by atoms with E-state index in [2.05, 4.69) is 31.6 Å². The molecule has 0 fully saturated rings. The molecule has 0 unspecified atom stereocenters. The van der Waals surface area contributed by atoms with Gasteiger partial charge in [0.25, 0.3) is 0 Å². The quantitative estimate of drug-likeness (QED) is 0.228. The molecule has 60 valence electrons. The van der Waals surface area contributed by atoms with Gasteiger partial charge in [0.05, 0.1) is 0 Å². The number of thiocarbonyl (C=S) groups is 1. The van der Waals surface area contributed by atoms with Crippen LogP contribution in [0.2, 0.25) is 0 Å². The Morgan fingerprint density at radius 2 is 1.60 bits per heavy atom. The molecule has 0 heterocycles. The van der Waals surface area contributed by atoms with Crippen molar-refractivity contribution in [2.45, 2.75) is 0 Å². The summed E-state index contributed by atoms with van der Waals surface area (Å²) < 4.78 is 2.26. The first-order valence-corrected chi connectivity index (χ1v) is 3.55. The van der Waals surface area contributed by atoms with Crippen LogP contribution in [0, 0.1) is 0 Å². The van der Waals surface area contributed by atoms with Gasteiger partial charge >= 0.3 is 0 Å². The van der Waals surface area contributed by atoms with Crippen LogP contribution in [0.15, 0.2) is 0 Å². The SMILES string of the molecule is C=[N+](C)C.CN(C)C(=S)[S-]. The highest BCUT2D eigenvalue weighted by molar-refractivity contribution is 8.00. The minimum Gasteiger partial charge on any atom is -0.411 e. The lowest BCUT2D eigenvalue weighted by Crippen LogP contribution is -2.15. The van der Waals surface area contributed by atoms with Gasteiger partial charge in [0.2, 0.25) is 0 Å². The van der Waals surface area contributed by atoms with Crippen molar-refractivity contribution in [2.24, 2.45) is 0 Å². The largest absolute Gasteiger partial charge is 0.411 e. The van der Waals surface area contributed by atoms with E-state index in [4.69, 9.17) is 0 Å². The highest BCUT2D eigenvalue weighted by Gasteiger charge is 1.71. The maximum Gasteiger partial charge on any atom is 0.131 e. The molecule has 0 aliphatic carbocycles. The van der Waals surface area contributed by atoms with E-state index in [1.54, 1.807) is 9.48 Å². The summed E-state index contributed by atoms with van der Waals surface area (Å²) in [6, 6.07) is 0. The summed E-state index contributed by atoms with van der Waals surface area (Å²) in [5.74, 6) is 0. The Kier molecular flexibility index (Phi) is 8.59. The van der Waals surface area contributed by atoms with Gasteiger partial charge in [-0.2, -0.15) is 0 Å². The molecule has 0 aromatic carbocycles. The van der Waals surface area contributed by atoms with Crippen LogP contribution in [0.25, 0.3) is 0 Å². The van der Waals surface area contributed by atoms with Crippen molar-refractivity contribution in [3.63, 3.8) is 0 Å². The number of nitrogens with zero attached hydrogens (tertiary/aromatic N) is 2. The van der Waals surface area contributed by atoms with Gasteiger partial charge in [-0.05, 0) is 0 Å². The molecule has 0 bridgehead atoms. The van der Waals surface area contributed by atoms with Crippen LogP contribution in [-0.2, 0) is 12.6 Å². The third-order valence-corrected chi connectivity index (χ3v) is 1.10. The Morgan fingerprint density at radius 3 is 1.60 bits per heavy atom. The summed E-state index contributed by atoms with van der Waals surface area (Å²) in [7, 11) is 7.44. The minimum absolute atomic E-state index is 0.509. The van der Waals surface area contributed by atoms with Crippen molar-refractivity contribution in [3.8, 4) is 0 Å². The van der Waals surface area contributed by atoms with Crippen LogP contribution in [0.3, 0.4) is 0 Å². The summed E-state index contributed by atoms with van der Waals surface area (Å²) in [5.41, 5.74) is 0. The van der Waals surface area contributed by atoms with E-state index in [0.717, 1.165) is 0 Å². The van der Waals surface area contributed by atoms with Gasteiger partial charge in [-0.15, -0.1) is 0 Å². The molecule has 0 spiro atoms. The zero-order valence-electron chi connectivity index (χ0n) is 6.92. The first-order chi connectivity index (χ1) is 4.37. The lowest BCUT2D eigenvalue weighted by atomic mass is 11.0. The predicted octanol–water partition coefficient (Wildman–Crippen LogP) is 0.339. The normalized spacial score (nSPS) is 7.20. The molecule has 2 nitrogen and oxygen atoms in total. The Balaban J connectivity index is 0. The van der Waals surface area contributed by atoms with E-state index in [1.165, 1.54) is 0 Å². The molecule has 10 heavy (non-hydrogen) atoms. The van der Waals surface area contributed by atoms with Crippen LogP contribution < -0.4 is 0 Å². The Bertz CT molecular complexity index is 117. The fourth-order valence-electron chi connectivity index (χ4n) is 0. The summed E-state index contributed by atoms with van der Waals surface area (Å²) >= 11 is 9.12. The molecule has 0 radical (unpaired) electrons. The maximum absolute atomic E-state index is 4.56. The second-order valence-corrected chi connectivity index (χ2v) is 3.27. The molecule has 4 heteroatoms. The van der Waals surface area contributed by atoms with E-state index in [1.807, 2.05) is 28.2 Å². The second kappa shape index (κ2) is 6.89. The summed E-state index contributed by atoms with van der Waals surface area (Å²) in [4.78, 5) is 1.71. The molecule has 0 N–H and O–H groups in total. The molecule has 0 aliphatic heterocycles. The summed E-state index contributed by atoms with van der Waals surface area (Å²) in [6.45, 7) is 3.47. The molecular weight excluding hydrogens is 164 g/mol. The number of hydrogen-bond acceptors (Lipinski definition) is 2. The van der Waals surface area contributed by atoms with Crippen molar-refractivity contribution in [2.75, 3.05) is 28.2 Å². The van der Waals surface area contributed by atoms with E-state index in [9.17, 15) is 0 Å². The molecule has 0 aromatic rings. The fraction of sp³-hybridized carbons (Fsp3) is 0.667. The van der Waals surface area contributed by atoms with Crippen molar-refractivity contribution in [1.82, 2.24) is 4.90 Å². The zero-order chi connectivity index (χ0) is 8.73. The van der Waals surface area contributed by atoms with Gasteiger partial charge in [0, 0.05) is 14.1 Å². The highest BCUT2D eigenvalue weighted by Crippen LogP contribution is 1.74. The monoisotopic (exact) mass is 178 g/mol. The van der Waals surface area contributed by atoms with Gasteiger partial charge in [-0.3, -0.25) is 0 Å². The minimum atomic E-state index is 0.509. The zero-order valence-corrected chi connectivity index (χ0v) is 8.55. The molecule has 0 atom stereocenters. The number of hydrogen-bond donors (Lipinski definition) is 0. The van der Waals surface area contributed by atoms with Crippen LogP contribution >= 0.6 is 12.2 Å². The second-order valence-electron chi connectivity index (χ2n) is 2.24. The van der Waals surface area contributed by atoms with Gasteiger partial charge in [-0.25, -0.2) is 4.58 Å². The molecule has 0 aromatic heterocycles. The van der Waals surface area contributed by atoms with Crippen LogP contribution in [-0.4, -0.2) is 48.7 Å². The van der Waals surface area contributed by atoms with Crippen molar-refractivity contribution in [1.29, 1.82) is 0 Å². The first-order valence-electron chi connectivity index (χ1n) is 2.74. The molecule has 0 aliphatic rings. The smallest absolute Gasteiger partial charge is 0.131 e. The highest BCUT2D eigenvalue weighted by atomic mass is 32.1. The van der Waals surface area contributed by atoms with Crippen molar-refractivity contribution < 1.29 is 4.58 Å². The Labute approximate surface area is 73.9 Å². The third kappa shape index (κ3) is 25.0. The Hall–Kier alpha value is -0.220. The predicted molar refractivity (Wildman–Crippen MR) is 52.9 cm³/mol. The molecule has 0 saturated heterocycles. The average molecular weight is 178 g/mol. The van der Waals surface area contributed by atoms with Crippen molar-refractivity contribution in [3.05, 3.63) is 0 Å². The Morgan fingerprint density at radius 1 is 1.50 bits per heavy atom. The van der Waals surface area contributed by atoms with E-state index in [0.29, 0.717) is 4.32 Å². The van der Waals surface area contributed by atoms with E-state index in [-0.39, 0.29) is 0 Å². The number of rotatable bonds is 0. The topological polar surface area (TPSA) is 6.25 Å². The van der Waals surface area contributed by atoms with Crippen LogP contribution in [0.1, 0.15) is 0 Å². The maximum atomic E-state index is 4.56. The first kappa shape index (κ1) is 12.5. The van der Waals surface area contributed by atoms with Crippen LogP contribution in [0.5, 0.6) is 0 Å². The van der Waals surface area contributed by atoms with Gasteiger partial charge in [-0.1, -0.05) is 4.32 Å². The van der Waals surface area contributed by atoms with Crippen molar-refractivity contribution >= 4 is 35.9 Å². The van der Waals surface area contributed by atoms with E-state index < -0.39 is 0 Å². The summed E-state index contributed by atoms with van der Waals surface area (Å²) in [6.07, 6.45) is 0. The van der Waals surface area contributed by atoms with Gasteiger partial charge in [0.1, 0.15) is 20.8 Å². The molecule has 0 amide bonds. The van der Waals surface area contributed by atoms with Gasteiger partial charge < -0.3 is 29.7 Å². The molecular formula is C6H14N2S2.